The molecule has 3 rings (SSSR count). The van der Waals surface area contributed by atoms with Crippen LogP contribution in [0.3, 0.4) is 0 Å². The van der Waals surface area contributed by atoms with Gasteiger partial charge in [0.1, 0.15) is 11.1 Å². The number of piperidine rings is 1. The lowest BCUT2D eigenvalue weighted by atomic mass is 9.89. The third-order valence-electron chi connectivity index (χ3n) is 4.69. The molecule has 0 bridgehead atoms. The molecule has 2 heterocycles. The summed E-state index contributed by atoms with van der Waals surface area (Å²) in [6.45, 7) is 4.72. The Morgan fingerprint density at radius 1 is 1.41 bits per heavy atom. The number of nitrogens with one attached hydrogen (secondary N) is 1. The lowest BCUT2D eigenvalue weighted by Crippen LogP contribution is -2.36. The highest BCUT2D eigenvalue weighted by atomic mass is 32.1. The molecule has 1 aliphatic carbocycles. The largest absolute Gasteiger partial charge is 0.315 e. The Hall–Kier alpha value is -1.38. The summed E-state index contributed by atoms with van der Waals surface area (Å²) in [6, 6.07) is 2.31. The van der Waals surface area contributed by atoms with E-state index in [9.17, 15) is 10.1 Å². The molecule has 0 aromatic carbocycles. The van der Waals surface area contributed by atoms with E-state index in [2.05, 4.69) is 23.2 Å². The Balaban J connectivity index is 1.69. The molecule has 0 saturated carbocycles. The Kier molecular flexibility index (Phi) is 4.80. The second-order valence-corrected chi connectivity index (χ2v) is 7.66. The lowest BCUT2D eigenvalue weighted by Gasteiger charge is -2.25. The second-order valence-electron chi connectivity index (χ2n) is 6.55. The summed E-state index contributed by atoms with van der Waals surface area (Å²) in [5.74, 6) is 0.694. The van der Waals surface area contributed by atoms with Crippen molar-refractivity contribution >= 4 is 22.2 Å². The minimum absolute atomic E-state index is 0.0186. The van der Waals surface area contributed by atoms with E-state index in [0.29, 0.717) is 18.0 Å². The summed E-state index contributed by atoms with van der Waals surface area (Å²) in [7, 11) is 0. The van der Waals surface area contributed by atoms with E-state index in [-0.39, 0.29) is 5.91 Å². The maximum absolute atomic E-state index is 12.3. The topological polar surface area (TPSA) is 56.1 Å². The fraction of sp³-hybridized carbons (Fsp3) is 0.647. The van der Waals surface area contributed by atoms with Crippen molar-refractivity contribution in [3.8, 4) is 6.07 Å². The summed E-state index contributed by atoms with van der Waals surface area (Å²) < 4.78 is 0. The first-order chi connectivity index (χ1) is 10.7. The standard InChI is InChI=1S/C17H23N3OS/c1-12-5-6-13-14(10-18)17(22-15(13)9-12)19-16(21)11-20-7-3-2-4-8-20/h12H,2-9,11H2,1H3,(H,19,21). The number of hydrogen-bond acceptors (Lipinski definition) is 4. The molecule has 22 heavy (non-hydrogen) atoms. The van der Waals surface area contributed by atoms with E-state index in [4.69, 9.17) is 0 Å². The van der Waals surface area contributed by atoms with Crippen molar-refractivity contribution in [2.24, 2.45) is 5.92 Å². The number of amides is 1. The molecule has 4 nitrogen and oxygen atoms in total. The van der Waals surface area contributed by atoms with Gasteiger partial charge in [-0.15, -0.1) is 11.3 Å². The summed E-state index contributed by atoms with van der Waals surface area (Å²) in [5.41, 5.74) is 1.89. The predicted octanol–water partition coefficient (Wildman–Crippen LogP) is 3.17. The number of carbonyl (C=O) groups is 1. The van der Waals surface area contributed by atoms with Gasteiger partial charge in [-0.25, -0.2) is 0 Å². The zero-order valence-electron chi connectivity index (χ0n) is 13.2. The molecule has 1 fully saturated rings. The van der Waals surface area contributed by atoms with Gasteiger partial charge in [0.25, 0.3) is 0 Å². The first-order valence-corrected chi connectivity index (χ1v) is 9.06. The zero-order chi connectivity index (χ0) is 15.5. The van der Waals surface area contributed by atoms with Crippen molar-refractivity contribution in [3.05, 3.63) is 16.0 Å². The predicted molar refractivity (Wildman–Crippen MR) is 89.1 cm³/mol. The number of rotatable bonds is 3. The molecule has 1 N–H and O–H groups in total. The Labute approximate surface area is 136 Å². The van der Waals surface area contributed by atoms with Crippen LogP contribution in [0.25, 0.3) is 0 Å². The van der Waals surface area contributed by atoms with Crippen LogP contribution in [0.15, 0.2) is 0 Å². The molecule has 1 aromatic heterocycles. The molecule has 1 atom stereocenters. The summed E-state index contributed by atoms with van der Waals surface area (Å²) in [6.07, 6.45) is 6.78. The highest BCUT2D eigenvalue weighted by Crippen LogP contribution is 2.39. The fourth-order valence-corrected chi connectivity index (χ4v) is 4.82. The highest BCUT2D eigenvalue weighted by Gasteiger charge is 2.25. The molecule has 0 radical (unpaired) electrons. The number of hydrogen-bond donors (Lipinski definition) is 1. The zero-order valence-corrected chi connectivity index (χ0v) is 14.0. The van der Waals surface area contributed by atoms with Gasteiger partial charge in [-0.1, -0.05) is 13.3 Å². The van der Waals surface area contributed by atoms with Crippen LogP contribution >= 0.6 is 11.3 Å². The first-order valence-electron chi connectivity index (χ1n) is 8.24. The minimum atomic E-state index is 0.0186. The van der Waals surface area contributed by atoms with Crippen molar-refractivity contribution in [2.75, 3.05) is 25.0 Å². The number of anilines is 1. The fourth-order valence-electron chi connectivity index (χ4n) is 3.44. The SMILES string of the molecule is CC1CCc2c(sc(NC(=O)CN3CCCCC3)c2C#N)C1. The first kappa shape index (κ1) is 15.5. The van der Waals surface area contributed by atoms with Crippen molar-refractivity contribution in [3.63, 3.8) is 0 Å². The van der Waals surface area contributed by atoms with Crippen molar-refractivity contribution in [1.82, 2.24) is 4.90 Å². The van der Waals surface area contributed by atoms with Gasteiger partial charge in [-0.2, -0.15) is 5.26 Å². The summed E-state index contributed by atoms with van der Waals surface area (Å²) in [4.78, 5) is 15.8. The van der Waals surface area contributed by atoms with E-state index in [1.165, 1.54) is 29.7 Å². The van der Waals surface area contributed by atoms with Crippen molar-refractivity contribution < 1.29 is 4.79 Å². The van der Waals surface area contributed by atoms with Crippen LogP contribution in [0.5, 0.6) is 0 Å². The molecule has 1 amide bonds. The van der Waals surface area contributed by atoms with E-state index < -0.39 is 0 Å². The van der Waals surface area contributed by atoms with Crippen LogP contribution in [0.4, 0.5) is 5.00 Å². The Morgan fingerprint density at radius 3 is 2.91 bits per heavy atom. The monoisotopic (exact) mass is 317 g/mol. The van der Waals surface area contributed by atoms with Gasteiger partial charge in [0.2, 0.25) is 5.91 Å². The average molecular weight is 317 g/mol. The van der Waals surface area contributed by atoms with Gasteiger partial charge in [0.15, 0.2) is 0 Å². The lowest BCUT2D eigenvalue weighted by molar-refractivity contribution is -0.117. The third kappa shape index (κ3) is 3.34. The highest BCUT2D eigenvalue weighted by molar-refractivity contribution is 7.16. The molecule has 5 heteroatoms. The molecular formula is C17H23N3OS. The number of nitriles is 1. The quantitative estimate of drug-likeness (QED) is 0.931. The van der Waals surface area contributed by atoms with Gasteiger partial charge in [-0.05, 0) is 56.7 Å². The number of carbonyl (C=O) groups excluding carboxylic acids is 1. The van der Waals surface area contributed by atoms with Crippen LogP contribution in [-0.2, 0) is 17.6 Å². The Bertz CT molecular complexity index is 596. The summed E-state index contributed by atoms with van der Waals surface area (Å²) >= 11 is 1.61. The van der Waals surface area contributed by atoms with Gasteiger partial charge in [0, 0.05) is 4.88 Å². The maximum atomic E-state index is 12.3. The van der Waals surface area contributed by atoms with Crippen LogP contribution in [0.1, 0.15) is 48.6 Å². The molecule has 2 aliphatic rings. The van der Waals surface area contributed by atoms with E-state index in [0.717, 1.165) is 37.4 Å². The van der Waals surface area contributed by atoms with Crippen LogP contribution in [0.2, 0.25) is 0 Å². The van der Waals surface area contributed by atoms with Crippen LogP contribution in [-0.4, -0.2) is 30.4 Å². The average Bonchev–Trinajstić information content (AvgIpc) is 2.84. The van der Waals surface area contributed by atoms with Gasteiger partial charge in [0.05, 0.1) is 12.1 Å². The summed E-state index contributed by atoms with van der Waals surface area (Å²) in [5, 5.41) is 13.2. The smallest absolute Gasteiger partial charge is 0.239 e. The minimum Gasteiger partial charge on any atom is -0.315 e. The number of fused-ring (bicyclic) bond motifs is 1. The maximum Gasteiger partial charge on any atom is 0.239 e. The Morgan fingerprint density at radius 2 is 2.18 bits per heavy atom. The molecule has 118 valence electrons. The van der Waals surface area contributed by atoms with Crippen molar-refractivity contribution in [1.29, 1.82) is 5.26 Å². The van der Waals surface area contributed by atoms with Gasteiger partial charge >= 0.3 is 0 Å². The number of likely N-dealkylation sites (tertiary alicyclic amines) is 1. The molecular weight excluding hydrogens is 294 g/mol. The molecule has 0 spiro atoms. The van der Waals surface area contributed by atoms with E-state index in [1.807, 2.05) is 0 Å². The van der Waals surface area contributed by atoms with Crippen molar-refractivity contribution in [2.45, 2.75) is 45.4 Å². The second kappa shape index (κ2) is 6.80. The molecule has 1 saturated heterocycles. The van der Waals surface area contributed by atoms with E-state index in [1.54, 1.807) is 11.3 Å². The normalized spacial score (nSPS) is 21.9. The molecule has 1 aromatic rings. The van der Waals surface area contributed by atoms with Crippen LogP contribution in [0, 0.1) is 17.2 Å². The molecule has 1 unspecified atom stereocenters. The molecule has 1 aliphatic heterocycles. The number of nitrogens with zero attached hydrogens (tertiary/aromatic N) is 2. The van der Waals surface area contributed by atoms with Crippen LogP contribution < -0.4 is 5.32 Å². The van der Waals surface area contributed by atoms with E-state index >= 15 is 0 Å². The third-order valence-corrected chi connectivity index (χ3v) is 5.86. The van der Waals surface area contributed by atoms with Gasteiger partial charge in [-0.3, -0.25) is 9.69 Å². The van der Waals surface area contributed by atoms with Gasteiger partial charge < -0.3 is 5.32 Å². The number of thiophene rings is 1.